The van der Waals surface area contributed by atoms with Gasteiger partial charge >= 0.3 is 5.97 Å². The zero-order chi connectivity index (χ0) is 13.0. The molecule has 0 aromatic carbocycles. The van der Waals surface area contributed by atoms with Crippen LogP contribution in [0.5, 0.6) is 0 Å². The fraction of sp³-hybridized carbons (Fsp3) is 0.571. The molecule has 0 bridgehead atoms. The highest BCUT2D eigenvalue weighted by molar-refractivity contribution is 5.86. The van der Waals surface area contributed by atoms with E-state index in [1.54, 1.807) is 6.07 Å². The predicted octanol–water partition coefficient (Wildman–Crippen LogP) is 3.02. The van der Waals surface area contributed by atoms with Gasteiger partial charge in [0.2, 0.25) is 0 Å². The number of aromatic carboxylic acids is 1. The van der Waals surface area contributed by atoms with Crippen molar-refractivity contribution in [2.75, 3.05) is 11.9 Å². The van der Waals surface area contributed by atoms with Crippen molar-refractivity contribution in [1.29, 1.82) is 0 Å². The van der Waals surface area contributed by atoms with E-state index in [-0.39, 0.29) is 5.69 Å². The second-order valence-corrected chi connectivity index (χ2v) is 5.25. The lowest BCUT2D eigenvalue weighted by atomic mass is 9.82. The minimum absolute atomic E-state index is 0.0945. The topological polar surface area (TPSA) is 62.2 Å². The number of carbonyl (C=O) groups is 1. The summed E-state index contributed by atoms with van der Waals surface area (Å²) < 4.78 is 0. The van der Waals surface area contributed by atoms with Gasteiger partial charge in [0.1, 0.15) is 5.69 Å². The predicted molar refractivity (Wildman–Crippen MR) is 70.8 cm³/mol. The van der Waals surface area contributed by atoms with Gasteiger partial charge in [-0.25, -0.2) is 9.78 Å². The van der Waals surface area contributed by atoms with Crippen molar-refractivity contribution in [2.24, 2.45) is 11.8 Å². The van der Waals surface area contributed by atoms with Gasteiger partial charge in [0.15, 0.2) is 0 Å². The number of anilines is 1. The first-order chi connectivity index (χ1) is 8.65. The first-order valence-corrected chi connectivity index (χ1v) is 6.58. The van der Waals surface area contributed by atoms with Crippen LogP contribution in [0.15, 0.2) is 18.3 Å². The third kappa shape index (κ3) is 3.45. The van der Waals surface area contributed by atoms with Gasteiger partial charge in [-0.2, -0.15) is 0 Å². The molecule has 0 spiro atoms. The molecule has 0 aliphatic heterocycles. The van der Waals surface area contributed by atoms with E-state index in [1.807, 2.05) is 6.07 Å². The van der Waals surface area contributed by atoms with E-state index < -0.39 is 5.97 Å². The lowest BCUT2D eigenvalue weighted by molar-refractivity contribution is 0.0690. The normalized spacial score (nSPS) is 23.6. The fourth-order valence-electron chi connectivity index (χ4n) is 2.66. The van der Waals surface area contributed by atoms with Gasteiger partial charge in [-0.1, -0.05) is 19.8 Å². The van der Waals surface area contributed by atoms with Crippen LogP contribution < -0.4 is 5.32 Å². The molecule has 2 N–H and O–H groups in total. The average Bonchev–Trinajstić information content (AvgIpc) is 2.37. The molecule has 0 amide bonds. The van der Waals surface area contributed by atoms with Crippen LogP contribution >= 0.6 is 0 Å². The first-order valence-electron chi connectivity index (χ1n) is 6.58. The van der Waals surface area contributed by atoms with E-state index in [0.717, 1.165) is 18.2 Å². The third-order valence-electron chi connectivity index (χ3n) is 3.62. The summed E-state index contributed by atoms with van der Waals surface area (Å²) in [5.41, 5.74) is 0.942. The Morgan fingerprint density at radius 1 is 1.56 bits per heavy atom. The lowest BCUT2D eigenvalue weighted by Crippen LogP contribution is -2.21. The molecule has 1 fully saturated rings. The van der Waals surface area contributed by atoms with Gasteiger partial charge in [0, 0.05) is 18.4 Å². The molecule has 2 rings (SSSR count). The highest BCUT2D eigenvalue weighted by Crippen LogP contribution is 2.28. The second kappa shape index (κ2) is 5.85. The molecule has 1 aromatic heterocycles. The van der Waals surface area contributed by atoms with Crippen molar-refractivity contribution >= 4 is 11.7 Å². The fourth-order valence-corrected chi connectivity index (χ4v) is 2.66. The number of aromatic nitrogens is 1. The lowest BCUT2D eigenvalue weighted by Gasteiger charge is -2.27. The van der Waals surface area contributed by atoms with Crippen molar-refractivity contribution in [1.82, 2.24) is 4.98 Å². The summed E-state index contributed by atoms with van der Waals surface area (Å²) in [7, 11) is 0. The summed E-state index contributed by atoms with van der Waals surface area (Å²) in [6.07, 6.45) is 6.73. The van der Waals surface area contributed by atoms with Gasteiger partial charge in [0.05, 0.1) is 0 Å². The number of rotatable bonds is 4. The Bertz CT molecular complexity index is 420. The average molecular weight is 248 g/mol. The van der Waals surface area contributed by atoms with E-state index in [2.05, 4.69) is 17.2 Å². The molecule has 1 heterocycles. The zero-order valence-corrected chi connectivity index (χ0v) is 10.7. The highest BCUT2D eigenvalue weighted by Gasteiger charge is 2.18. The monoisotopic (exact) mass is 248 g/mol. The minimum atomic E-state index is -0.982. The third-order valence-corrected chi connectivity index (χ3v) is 3.62. The molecule has 1 aliphatic carbocycles. The quantitative estimate of drug-likeness (QED) is 0.859. The summed E-state index contributed by atoms with van der Waals surface area (Å²) in [6, 6.07) is 3.41. The van der Waals surface area contributed by atoms with Crippen LogP contribution in [0.3, 0.4) is 0 Å². The molecule has 4 nitrogen and oxygen atoms in total. The van der Waals surface area contributed by atoms with Crippen molar-refractivity contribution in [2.45, 2.75) is 32.6 Å². The van der Waals surface area contributed by atoms with Crippen LogP contribution in [0.1, 0.15) is 43.1 Å². The van der Waals surface area contributed by atoms with Gasteiger partial charge < -0.3 is 10.4 Å². The molecule has 0 radical (unpaired) electrons. The summed E-state index contributed by atoms with van der Waals surface area (Å²) in [5, 5.41) is 12.2. The zero-order valence-electron chi connectivity index (χ0n) is 10.7. The van der Waals surface area contributed by atoms with Crippen molar-refractivity contribution in [3.63, 3.8) is 0 Å². The van der Waals surface area contributed by atoms with Crippen molar-refractivity contribution in [3.05, 3.63) is 24.0 Å². The van der Waals surface area contributed by atoms with E-state index in [4.69, 9.17) is 5.11 Å². The molecule has 1 aromatic rings. The largest absolute Gasteiger partial charge is 0.477 e. The van der Waals surface area contributed by atoms with Gasteiger partial charge in [-0.3, -0.25) is 0 Å². The van der Waals surface area contributed by atoms with Crippen molar-refractivity contribution in [3.8, 4) is 0 Å². The van der Waals surface area contributed by atoms with E-state index >= 15 is 0 Å². The molecule has 98 valence electrons. The smallest absolute Gasteiger partial charge is 0.354 e. The Kier molecular flexibility index (Phi) is 4.18. The van der Waals surface area contributed by atoms with E-state index in [0.29, 0.717) is 5.92 Å². The molecule has 0 saturated heterocycles. The number of nitrogens with one attached hydrogen (secondary N) is 1. The van der Waals surface area contributed by atoms with Gasteiger partial charge in [-0.15, -0.1) is 0 Å². The number of hydrogen-bond donors (Lipinski definition) is 2. The van der Waals surface area contributed by atoms with Crippen LogP contribution in [-0.2, 0) is 0 Å². The Balaban J connectivity index is 1.89. The molecule has 18 heavy (non-hydrogen) atoms. The molecule has 1 aliphatic rings. The van der Waals surface area contributed by atoms with Crippen LogP contribution in [-0.4, -0.2) is 22.6 Å². The number of pyridine rings is 1. The molecule has 2 atom stereocenters. The van der Waals surface area contributed by atoms with E-state index in [9.17, 15) is 4.79 Å². The summed E-state index contributed by atoms with van der Waals surface area (Å²) >= 11 is 0. The van der Waals surface area contributed by atoms with Gasteiger partial charge in [-0.05, 0) is 36.8 Å². The standard InChI is InChI=1S/C14H20N2O2/c1-10-3-2-4-11(7-10)9-16-12-5-6-15-13(8-12)14(17)18/h5-6,8,10-11H,2-4,7,9H2,1H3,(H,15,16)(H,17,18). The maximum atomic E-state index is 10.8. The van der Waals surface area contributed by atoms with Crippen LogP contribution in [0, 0.1) is 11.8 Å². The van der Waals surface area contributed by atoms with Crippen LogP contribution in [0.25, 0.3) is 0 Å². The number of carboxylic acid groups (broad SMARTS) is 1. The molecular formula is C14H20N2O2. The molecule has 1 saturated carbocycles. The number of nitrogens with zero attached hydrogens (tertiary/aromatic N) is 1. The highest BCUT2D eigenvalue weighted by atomic mass is 16.4. The van der Waals surface area contributed by atoms with Gasteiger partial charge in [0.25, 0.3) is 0 Å². The maximum absolute atomic E-state index is 10.8. The van der Waals surface area contributed by atoms with Crippen molar-refractivity contribution < 1.29 is 9.90 Å². The molecule has 2 unspecified atom stereocenters. The molecular weight excluding hydrogens is 228 g/mol. The Morgan fingerprint density at radius 2 is 2.39 bits per heavy atom. The summed E-state index contributed by atoms with van der Waals surface area (Å²) in [4.78, 5) is 14.6. The Labute approximate surface area is 107 Å². The number of carboxylic acids is 1. The maximum Gasteiger partial charge on any atom is 0.354 e. The summed E-state index contributed by atoms with van der Waals surface area (Å²) in [6.45, 7) is 3.23. The SMILES string of the molecule is CC1CCCC(CNc2ccnc(C(=O)O)c2)C1. The summed E-state index contributed by atoms with van der Waals surface area (Å²) in [5.74, 6) is 0.540. The van der Waals surface area contributed by atoms with Crippen LogP contribution in [0.4, 0.5) is 5.69 Å². The van der Waals surface area contributed by atoms with Crippen LogP contribution in [0.2, 0.25) is 0 Å². The van der Waals surface area contributed by atoms with E-state index in [1.165, 1.54) is 31.9 Å². The number of hydrogen-bond acceptors (Lipinski definition) is 3. The Morgan fingerprint density at radius 3 is 3.11 bits per heavy atom. The second-order valence-electron chi connectivity index (χ2n) is 5.25. The molecule has 4 heteroatoms. The first kappa shape index (κ1) is 12.9. The minimum Gasteiger partial charge on any atom is -0.477 e. The Hall–Kier alpha value is -1.58.